The topological polar surface area (TPSA) is 22.1 Å². The molecule has 2 nitrogen and oxygen atoms in total. The van der Waals surface area contributed by atoms with Crippen molar-refractivity contribution in [3.8, 4) is 5.75 Å². The van der Waals surface area contributed by atoms with Gasteiger partial charge in [-0.1, -0.05) is 34.1 Å². The van der Waals surface area contributed by atoms with Gasteiger partial charge in [0.1, 0.15) is 12.4 Å². The van der Waals surface area contributed by atoms with Crippen molar-refractivity contribution in [3.63, 3.8) is 0 Å². The van der Waals surface area contributed by atoms with Crippen LogP contribution in [-0.2, 0) is 6.61 Å². The minimum Gasteiger partial charge on any atom is -0.487 e. The highest BCUT2D eigenvalue weighted by molar-refractivity contribution is 9.10. The summed E-state index contributed by atoms with van der Waals surface area (Å²) in [5.74, 6) is 0.907. The third-order valence-electron chi connectivity index (χ3n) is 2.25. The molecule has 2 aromatic rings. The van der Waals surface area contributed by atoms with E-state index in [0.717, 1.165) is 21.5 Å². The van der Waals surface area contributed by atoms with E-state index in [1.165, 1.54) is 0 Å². The van der Waals surface area contributed by atoms with E-state index in [-0.39, 0.29) is 0 Å². The van der Waals surface area contributed by atoms with E-state index >= 15 is 0 Å². The molecule has 0 atom stereocenters. The van der Waals surface area contributed by atoms with Crippen LogP contribution in [0.5, 0.6) is 5.75 Å². The number of aromatic nitrogens is 1. The first-order valence-electron chi connectivity index (χ1n) is 5.04. The SMILES string of the molecule is Cc1ccccc1OCc1cc(Br)ccn1. The number of rotatable bonds is 3. The Morgan fingerprint density at radius 1 is 1.25 bits per heavy atom. The predicted molar refractivity (Wildman–Crippen MR) is 67.4 cm³/mol. The summed E-state index contributed by atoms with van der Waals surface area (Å²) in [6, 6.07) is 11.8. The van der Waals surface area contributed by atoms with Crippen LogP contribution in [0.4, 0.5) is 0 Å². The van der Waals surface area contributed by atoms with Gasteiger partial charge in [0.05, 0.1) is 5.69 Å². The highest BCUT2D eigenvalue weighted by atomic mass is 79.9. The fourth-order valence-electron chi connectivity index (χ4n) is 1.40. The first kappa shape index (κ1) is 11.1. The maximum atomic E-state index is 5.69. The van der Waals surface area contributed by atoms with Gasteiger partial charge in [-0.05, 0) is 30.7 Å². The largest absolute Gasteiger partial charge is 0.487 e. The summed E-state index contributed by atoms with van der Waals surface area (Å²) in [6.07, 6.45) is 1.76. The van der Waals surface area contributed by atoms with Crippen LogP contribution in [0.2, 0.25) is 0 Å². The van der Waals surface area contributed by atoms with Crippen molar-refractivity contribution in [2.45, 2.75) is 13.5 Å². The second-order valence-corrected chi connectivity index (χ2v) is 4.44. The van der Waals surface area contributed by atoms with Crippen molar-refractivity contribution in [2.24, 2.45) is 0 Å². The number of hydrogen-bond donors (Lipinski definition) is 0. The number of ether oxygens (including phenoxy) is 1. The Morgan fingerprint density at radius 3 is 2.81 bits per heavy atom. The first-order valence-corrected chi connectivity index (χ1v) is 5.84. The minimum atomic E-state index is 0.490. The molecule has 0 unspecified atom stereocenters. The van der Waals surface area contributed by atoms with Gasteiger partial charge in [-0.25, -0.2) is 0 Å². The number of hydrogen-bond acceptors (Lipinski definition) is 2. The standard InChI is InChI=1S/C13H12BrNO/c1-10-4-2-3-5-13(10)16-9-12-8-11(14)6-7-15-12/h2-8H,9H2,1H3. The second kappa shape index (κ2) is 5.12. The number of para-hydroxylation sites is 1. The molecule has 0 spiro atoms. The van der Waals surface area contributed by atoms with E-state index in [2.05, 4.69) is 20.9 Å². The zero-order valence-corrected chi connectivity index (χ0v) is 10.6. The second-order valence-electron chi connectivity index (χ2n) is 3.52. The van der Waals surface area contributed by atoms with Gasteiger partial charge in [0, 0.05) is 10.7 Å². The zero-order valence-electron chi connectivity index (χ0n) is 8.98. The van der Waals surface area contributed by atoms with Gasteiger partial charge in [0.2, 0.25) is 0 Å². The summed E-state index contributed by atoms with van der Waals surface area (Å²) in [7, 11) is 0. The summed E-state index contributed by atoms with van der Waals surface area (Å²) < 4.78 is 6.71. The van der Waals surface area contributed by atoms with Crippen molar-refractivity contribution >= 4 is 15.9 Å². The molecule has 1 aromatic carbocycles. The summed E-state index contributed by atoms with van der Waals surface area (Å²) >= 11 is 3.41. The summed E-state index contributed by atoms with van der Waals surface area (Å²) in [5, 5.41) is 0. The van der Waals surface area contributed by atoms with Crippen molar-refractivity contribution in [3.05, 3.63) is 58.3 Å². The summed E-state index contributed by atoms with van der Waals surface area (Å²) in [6.45, 7) is 2.52. The lowest BCUT2D eigenvalue weighted by Gasteiger charge is -2.08. The number of aryl methyl sites for hydroxylation is 1. The minimum absolute atomic E-state index is 0.490. The van der Waals surface area contributed by atoms with Crippen molar-refractivity contribution in [2.75, 3.05) is 0 Å². The Kier molecular flexibility index (Phi) is 3.57. The molecule has 0 bridgehead atoms. The van der Waals surface area contributed by atoms with Crippen LogP contribution in [-0.4, -0.2) is 4.98 Å². The molecular formula is C13H12BrNO. The van der Waals surface area contributed by atoms with Gasteiger partial charge in [0.15, 0.2) is 0 Å². The lowest BCUT2D eigenvalue weighted by molar-refractivity contribution is 0.299. The average molecular weight is 278 g/mol. The smallest absolute Gasteiger partial charge is 0.130 e. The van der Waals surface area contributed by atoms with Crippen molar-refractivity contribution < 1.29 is 4.74 Å². The average Bonchev–Trinajstić information content (AvgIpc) is 2.28. The van der Waals surface area contributed by atoms with Gasteiger partial charge in [0.25, 0.3) is 0 Å². The molecule has 0 aliphatic heterocycles. The van der Waals surface area contributed by atoms with Gasteiger partial charge in [-0.2, -0.15) is 0 Å². The summed E-state index contributed by atoms with van der Waals surface area (Å²) in [5.41, 5.74) is 2.05. The Bertz CT molecular complexity index is 485. The van der Waals surface area contributed by atoms with Crippen molar-refractivity contribution in [1.82, 2.24) is 4.98 Å². The lowest BCUT2D eigenvalue weighted by atomic mass is 10.2. The monoisotopic (exact) mass is 277 g/mol. The van der Waals surface area contributed by atoms with Crippen LogP contribution in [0.25, 0.3) is 0 Å². The van der Waals surface area contributed by atoms with Gasteiger partial charge in [-0.15, -0.1) is 0 Å². The number of halogens is 1. The van der Waals surface area contributed by atoms with Crippen LogP contribution in [0.3, 0.4) is 0 Å². The van der Waals surface area contributed by atoms with Crippen LogP contribution in [0, 0.1) is 6.92 Å². The highest BCUT2D eigenvalue weighted by Crippen LogP contribution is 2.18. The molecule has 0 radical (unpaired) electrons. The van der Waals surface area contributed by atoms with Crippen LogP contribution >= 0.6 is 15.9 Å². The molecule has 0 fully saturated rings. The fourth-order valence-corrected chi connectivity index (χ4v) is 1.78. The Balaban J connectivity index is 2.05. The van der Waals surface area contributed by atoms with E-state index in [4.69, 9.17) is 4.74 Å². The molecule has 0 saturated heterocycles. The molecule has 2 rings (SSSR count). The molecule has 0 aliphatic carbocycles. The number of pyridine rings is 1. The third kappa shape index (κ3) is 2.83. The van der Waals surface area contributed by atoms with Crippen LogP contribution < -0.4 is 4.74 Å². The molecule has 1 heterocycles. The predicted octanol–water partition coefficient (Wildman–Crippen LogP) is 3.73. The molecule has 0 N–H and O–H groups in total. The maximum Gasteiger partial charge on any atom is 0.130 e. The Hall–Kier alpha value is -1.35. The van der Waals surface area contributed by atoms with Gasteiger partial charge in [-0.3, -0.25) is 4.98 Å². The lowest BCUT2D eigenvalue weighted by Crippen LogP contribution is -1.98. The van der Waals surface area contributed by atoms with E-state index < -0.39 is 0 Å². The molecule has 82 valence electrons. The summed E-state index contributed by atoms with van der Waals surface area (Å²) in [4.78, 5) is 4.23. The van der Waals surface area contributed by atoms with Crippen LogP contribution in [0.1, 0.15) is 11.3 Å². The van der Waals surface area contributed by atoms with Gasteiger partial charge < -0.3 is 4.74 Å². The first-order chi connectivity index (χ1) is 7.75. The molecule has 1 aromatic heterocycles. The molecule has 0 saturated carbocycles. The molecule has 3 heteroatoms. The molecule has 0 aliphatic rings. The zero-order chi connectivity index (χ0) is 11.4. The quantitative estimate of drug-likeness (QED) is 0.853. The van der Waals surface area contributed by atoms with Gasteiger partial charge >= 0.3 is 0 Å². The van der Waals surface area contributed by atoms with Crippen molar-refractivity contribution in [1.29, 1.82) is 0 Å². The Morgan fingerprint density at radius 2 is 2.06 bits per heavy atom. The van der Waals surface area contributed by atoms with E-state index in [1.807, 2.05) is 43.3 Å². The van der Waals surface area contributed by atoms with E-state index in [0.29, 0.717) is 6.61 Å². The fraction of sp³-hybridized carbons (Fsp3) is 0.154. The Labute approximate surface area is 103 Å². The molecule has 16 heavy (non-hydrogen) atoms. The third-order valence-corrected chi connectivity index (χ3v) is 2.74. The number of benzene rings is 1. The number of nitrogens with zero attached hydrogens (tertiary/aromatic N) is 1. The maximum absolute atomic E-state index is 5.69. The van der Waals surface area contributed by atoms with E-state index in [9.17, 15) is 0 Å². The normalized spacial score (nSPS) is 10.1. The molecular weight excluding hydrogens is 266 g/mol. The van der Waals surface area contributed by atoms with E-state index in [1.54, 1.807) is 6.20 Å². The molecule has 0 amide bonds. The highest BCUT2D eigenvalue weighted by Gasteiger charge is 2.00. The van der Waals surface area contributed by atoms with Crippen LogP contribution in [0.15, 0.2) is 47.1 Å².